The van der Waals surface area contributed by atoms with Gasteiger partial charge in [0.1, 0.15) is 18.7 Å². The van der Waals surface area contributed by atoms with Gasteiger partial charge in [-0.3, -0.25) is 14.5 Å². The lowest BCUT2D eigenvalue weighted by Crippen LogP contribution is -2.46. The number of benzene rings is 2. The van der Waals surface area contributed by atoms with Crippen molar-refractivity contribution < 1.29 is 19.1 Å². The molecule has 28 heavy (non-hydrogen) atoms. The third-order valence-electron chi connectivity index (χ3n) is 5.46. The van der Waals surface area contributed by atoms with Crippen LogP contribution in [-0.4, -0.2) is 29.4 Å². The molecule has 0 unspecified atom stereocenters. The van der Waals surface area contributed by atoms with Gasteiger partial charge in [-0.2, -0.15) is 0 Å². The number of urea groups is 1. The van der Waals surface area contributed by atoms with Crippen molar-refractivity contribution in [2.45, 2.75) is 38.3 Å². The maximum Gasteiger partial charge on any atom is 0.326 e. The molecule has 4 rings (SSSR count). The zero-order valence-corrected chi connectivity index (χ0v) is 15.7. The second-order valence-corrected chi connectivity index (χ2v) is 7.38. The standard InChI is InChI=1S/C22H22N2O4/c1-15-8-10-16(11-9-15)14-28-19(25)13-24-20(26)22(23-21(24)27)12-4-6-17-5-2-3-7-18(17)22/h2-3,5,7-11H,4,6,12-14H2,1H3,(H,23,27)/t22-/m1/s1. The Hall–Kier alpha value is -3.15. The maximum atomic E-state index is 13.1. The third-order valence-corrected chi connectivity index (χ3v) is 5.46. The fourth-order valence-electron chi connectivity index (χ4n) is 3.98. The molecule has 0 radical (unpaired) electrons. The second-order valence-electron chi connectivity index (χ2n) is 7.38. The molecule has 1 aliphatic heterocycles. The van der Waals surface area contributed by atoms with Crippen molar-refractivity contribution in [3.8, 4) is 0 Å². The van der Waals surface area contributed by atoms with Gasteiger partial charge in [0.05, 0.1) is 0 Å². The molecular formula is C22H22N2O4. The highest BCUT2D eigenvalue weighted by atomic mass is 16.5. The Bertz CT molecular complexity index is 938. The molecule has 1 saturated heterocycles. The summed E-state index contributed by atoms with van der Waals surface area (Å²) in [7, 11) is 0. The number of carbonyl (C=O) groups excluding carboxylic acids is 3. The summed E-state index contributed by atoms with van der Waals surface area (Å²) in [5.74, 6) is -0.984. The Labute approximate surface area is 163 Å². The molecule has 144 valence electrons. The smallest absolute Gasteiger partial charge is 0.326 e. The predicted octanol–water partition coefficient (Wildman–Crippen LogP) is 2.82. The Balaban J connectivity index is 1.46. The first-order valence-corrected chi connectivity index (χ1v) is 9.43. The molecule has 6 heteroatoms. The zero-order valence-electron chi connectivity index (χ0n) is 15.7. The highest BCUT2D eigenvalue weighted by Gasteiger charge is 2.54. The Morgan fingerprint density at radius 2 is 1.89 bits per heavy atom. The molecule has 6 nitrogen and oxygen atoms in total. The van der Waals surface area contributed by atoms with Gasteiger partial charge < -0.3 is 10.1 Å². The molecule has 1 atom stereocenters. The number of amides is 3. The normalized spacial score (nSPS) is 20.8. The Morgan fingerprint density at radius 3 is 2.68 bits per heavy atom. The molecule has 2 aromatic carbocycles. The molecule has 0 aromatic heterocycles. The Kier molecular flexibility index (Phi) is 4.63. The van der Waals surface area contributed by atoms with E-state index >= 15 is 0 Å². The van der Waals surface area contributed by atoms with E-state index in [1.807, 2.05) is 55.5 Å². The van der Waals surface area contributed by atoms with Crippen molar-refractivity contribution in [2.75, 3.05) is 6.54 Å². The van der Waals surface area contributed by atoms with E-state index in [1.165, 1.54) is 0 Å². The van der Waals surface area contributed by atoms with Crippen molar-refractivity contribution in [3.63, 3.8) is 0 Å². The summed E-state index contributed by atoms with van der Waals surface area (Å²) in [5.41, 5.74) is 2.80. The molecule has 0 bridgehead atoms. The summed E-state index contributed by atoms with van der Waals surface area (Å²) in [6, 6.07) is 14.7. The second kappa shape index (κ2) is 7.11. The van der Waals surface area contributed by atoms with E-state index in [1.54, 1.807) is 0 Å². The number of carbonyl (C=O) groups is 3. The molecule has 3 amide bonds. The number of rotatable bonds is 4. The fraction of sp³-hybridized carbons (Fsp3) is 0.318. The zero-order chi connectivity index (χ0) is 19.7. The quantitative estimate of drug-likeness (QED) is 0.656. The van der Waals surface area contributed by atoms with Crippen LogP contribution in [-0.2, 0) is 32.9 Å². The first kappa shape index (κ1) is 18.2. The van der Waals surface area contributed by atoms with Crippen LogP contribution in [0.5, 0.6) is 0 Å². The number of imide groups is 1. The number of hydrogen-bond donors (Lipinski definition) is 1. The van der Waals surface area contributed by atoms with Crippen molar-refractivity contribution in [2.24, 2.45) is 0 Å². The minimum atomic E-state index is -1.07. The number of aryl methyl sites for hydroxylation is 2. The van der Waals surface area contributed by atoms with Gasteiger partial charge in [0.15, 0.2) is 0 Å². The summed E-state index contributed by atoms with van der Waals surface area (Å²) < 4.78 is 5.26. The molecular weight excluding hydrogens is 356 g/mol. The van der Waals surface area contributed by atoms with Gasteiger partial charge in [-0.15, -0.1) is 0 Å². The van der Waals surface area contributed by atoms with E-state index in [2.05, 4.69) is 5.32 Å². The van der Waals surface area contributed by atoms with Crippen molar-refractivity contribution >= 4 is 17.9 Å². The number of esters is 1. The van der Waals surface area contributed by atoms with Crippen LogP contribution in [0.4, 0.5) is 4.79 Å². The molecule has 1 N–H and O–H groups in total. The van der Waals surface area contributed by atoms with Gasteiger partial charge in [-0.25, -0.2) is 4.79 Å². The van der Waals surface area contributed by atoms with Gasteiger partial charge in [0.2, 0.25) is 0 Å². The summed E-state index contributed by atoms with van der Waals surface area (Å²) in [6.45, 7) is 1.70. The highest BCUT2D eigenvalue weighted by Crippen LogP contribution is 2.39. The third kappa shape index (κ3) is 3.15. The minimum absolute atomic E-state index is 0.108. The topological polar surface area (TPSA) is 75.7 Å². The van der Waals surface area contributed by atoms with Crippen LogP contribution in [0, 0.1) is 6.92 Å². The first-order valence-electron chi connectivity index (χ1n) is 9.43. The largest absolute Gasteiger partial charge is 0.459 e. The van der Waals surface area contributed by atoms with Gasteiger partial charge in [-0.1, -0.05) is 54.1 Å². The van der Waals surface area contributed by atoms with Crippen LogP contribution in [0.25, 0.3) is 0 Å². The monoisotopic (exact) mass is 378 g/mol. The summed E-state index contributed by atoms with van der Waals surface area (Å²) in [6.07, 6.45) is 2.21. The number of nitrogens with one attached hydrogen (secondary N) is 1. The molecule has 2 aliphatic rings. The van der Waals surface area contributed by atoms with Gasteiger partial charge >= 0.3 is 12.0 Å². The van der Waals surface area contributed by atoms with Crippen molar-refractivity contribution in [3.05, 3.63) is 70.8 Å². The van der Waals surface area contributed by atoms with Crippen molar-refractivity contribution in [1.29, 1.82) is 0 Å². The lowest BCUT2D eigenvalue weighted by Gasteiger charge is -2.33. The molecule has 1 spiro atoms. The molecule has 2 aromatic rings. The lowest BCUT2D eigenvalue weighted by molar-refractivity contribution is -0.149. The van der Waals surface area contributed by atoms with Gasteiger partial charge in [0, 0.05) is 0 Å². The van der Waals surface area contributed by atoms with Crippen LogP contribution in [0.2, 0.25) is 0 Å². The van der Waals surface area contributed by atoms with Crippen LogP contribution < -0.4 is 5.32 Å². The predicted molar refractivity (Wildman–Crippen MR) is 102 cm³/mol. The van der Waals surface area contributed by atoms with Gasteiger partial charge in [0.25, 0.3) is 5.91 Å². The highest BCUT2D eigenvalue weighted by molar-refractivity contribution is 6.09. The SMILES string of the molecule is Cc1ccc(COC(=O)CN2C(=O)N[C@@]3(CCCc4ccccc43)C2=O)cc1. The van der Waals surface area contributed by atoms with Crippen LogP contribution in [0.3, 0.4) is 0 Å². The van der Waals surface area contributed by atoms with Crippen LogP contribution >= 0.6 is 0 Å². The molecule has 0 saturated carbocycles. The van der Waals surface area contributed by atoms with Crippen LogP contribution in [0.1, 0.15) is 35.1 Å². The average molecular weight is 378 g/mol. The number of nitrogens with zero attached hydrogens (tertiary/aromatic N) is 1. The maximum absolute atomic E-state index is 13.1. The van der Waals surface area contributed by atoms with Crippen molar-refractivity contribution in [1.82, 2.24) is 10.2 Å². The fourth-order valence-corrected chi connectivity index (χ4v) is 3.98. The van der Waals surface area contributed by atoms with E-state index in [9.17, 15) is 14.4 Å². The number of fused-ring (bicyclic) bond motifs is 2. The van der Waals surface area contributed by atoms with Gasteiger partial charge in [-0.05, 0) is 42.9 Å². The number of ether oxygens (including phenoxy) is 1. The average Bonchev–Trinajstić information content (AvgIpc) is 2.93. The van der Waals surface area contributed by atoms with E-state index in [-0.39, 0.29) is 19.1 Å². The first-order chi connectivity index (χ1) is 13.5. The summed E-state index contributed by atoms with van der Waals surface area (Å²) in [5, 5.41) is 2.84. The summed E-state index contributed by atoms with van der Waals surface area (Å²) in [4.78, 5) is 38.9. The minimum Gasteiger partial charge on any atom is -0.459 e. The van der Waals surface area contributed by atoms with Crippen LogP contribution in [0.15, 0.2) is 48.5 Å². The molecule has 1 heterocycles. The van der Waals surface area contributed by atoms with E-state index in [0.717, 1.165) is 40.0 Å². The molecule has 1 fully saturated rings. The summed E-state index contributed by atoms with van der Waals surface area (Å²) >= 11 is 0. The lowest BCUT2D eigenvalue weighted by atomic mass is 9.76. The van der Waals surface area contributed by atoms with E-state index in [4.69, 9.17) is 4.74 Å². The van der Waals surface area contributed by atoms with E-state index < -0.39 is 17.5 Å². The number of hydrogen-bond acceptors (Lipinski definition) is 4. The molecule has 1 aliphatic carbocycles. The Morgan fingerprint density at radius 1 is 1.14 bits per heavy atom. The van der Waals surface area contributed by atoms with E-state index in [0.29, 0.717) is 6.42 Å².